The van der Waals surface area contributed by atoms with E-state index >= 15 is 0 Å². The van der Waals surface area contributed by atoms with Crippen LogP contribution in [0.25, 0.3) is 5.70 Å². The minimum atomic E-state index is -1.41. The third-order valence-electron chi connectivity index (χ3n) is 5.88. The van der Waals surface area contributed by atoms with Gasteiger partial charge in [0, 0.05) is 22.3 Å². The molecule has 1 atom stereocenters. The Morgan fingerprint density at radius 2 is 1.80 bits per heavy atom. The van der Waals surface area contributed by atoms with E-state index in [1.54, 1.807) is 24.3 Å². The summed E-state index contributed by atoms with van der Waals surface area (Å²) in [6, 6.07) is 8.84. The van der Waals surface area contributed by atoms with Crippen LogP contribution in [0.4, 0.5) is 5.82 Å². The van der Waals surface area contributed by atoms with Crippen molar-refractivity contribution in [2.75, 3.05) is 12.3 Å². The number of hydrogen-bond acceptors (Lipinski definition) is 6. The van der Waals surface area contributed by atoms with Gasteiger partial charge in [0.05, 0.1) is 11.6 Å². The molecule has 0 fully saturated rings. The van der Waals surface area contributed by atoms with Gasteiger partial charge >= 0.3 is 0 Å². The molecule has 0 amide bonds. The molecule has 0 saturated carbocycles. The molecule has 1 aromatic heterocycles. The maximum atomic E-state index is 12.9. The molecule has 0 aliphatic rings. The Bertz CT molecular complexity index is 1100. The summed E-state index contributed by atoms with van der Waals surface area (Å²) in [7, 11) is 0. The summed E-state index contributed by atoms with van der Waals surface area (Å²) in [5, 5.41) is 22.9. The van der Waals surface area contributed by atoms with Crippen LogP contribution in [0.2, 0.25) is 5.02 Å². The Morgan fingerprint density at radius 1 is 1.14 bits per heavy atom. The molecular weight excluding hydrogens is 466 g/mol. The van der Waals surface area contributed by atoms with Crippen LogP contribution in [0.5, 0.6) is 0 Å². The Morgan fingerprint density at radius 3 is 2.37 bits per heavy atom. The zero-order valence-corrected chi connectivity index (χ0v) is 21.4. The summed E-state index contributed by atoms with van der Waals surface area (Å²) in [6.07, 6.45) is 3.09. The predicted molar refractivity (Wildman–Crippen MR) is 142 cm³/mol. The molecule has 35 heavy (non-hydrogen) atoms. The second-order valence-electron chi connectivity index (χ2n) is 9.01. The number of carbonyl (C=O) groups excluding carboxylic acids is 1. The number of aliphatic hydroxyl groups is 2. The standard InChI is InChI=1S/C27H36ClN3O4/c1-5-19(14-15-30-23(27(34)35)16-17(2)3)7-6-18(4)31-24(32)13-12-22(26(31)29)25(33)20-8-10-21(28)11-9-20/h5,8-13,17,23,27,30,34-35H,4,6-7,14-16,29H2,1-3H3/b19-5+/t23-/m0/s1. The summed E-state index contributed by atoms with van der Waals surface area (Å²) in [6.45, 7) is 10.6. The Balaban J connectivity index is 2.06. The molecule has 0 bridgehead atoms. The molecule has 0 radical (unpaired) electrons. The largest absolute Gasteiger partial charge is 0.384 e. The molecule has 5 N–H and O–H groups in total. The molecule has 0 aliphatic carbocycles. The van der Waals surface area contributed by atoms with Crippen LogP contribution in [0.1, 0.15) is 62.4 Å². The second-order valence-corrected chi connectivity index (χ2v) is 9.45. The fourth-order valence-corrected chi connectivity index (χ4v) is 4.02. The van der Waals surface area contributed by atoms with Crippen molar-refractivity contribution in [2.45, 2.75) is 58.8 Å². The van der Waals surface area contributed by atoms with Gasteiger partial charge in [0.15, 0.2) is 12.1 Å². The SMILES string of the molecule is C=C(CC/C(=C\C)CCN[C@@H](CC(C)C)C(O)O)n1c(N)c(C(=O)c2ccc(Cl)cc2)ccc1=O. The molecular formula is C27H36ClN3O4. The molecule has 1 heterocycles. The fraction of sp³-hybridized carbons (Fsp3) is 0.407. The number of nitrogen functional groups attached to an aromatic ring is 1. The summed E-state index contributed by atoms with van der Waals surface area (Å²) < 4.78 is 1.29. The smallest absolute Gasteiger partial charge is 0.256 e. The average molecular weight is 502 g/mol. The van der Waals surface area contributed by atoms with Gasteiger partial charge in [-0.1, -0.05) is 43.7 Å². The zero-order chi connectivity index (χ0) is 26.1. The Kier molecular flexibility index (Phi) is 10.9. The number of rotatable bonds is 13. The normalized spacial score (nSPS) is 12.9. The zero-order valence-electron chi connectivity index (χ0n) is 20.6. The van der Waals surface area contributed by atoms with Crippen LogP contribution < -0.4 is 16.6 Å². The minimum Gasteiger partial charge on any atom is -0.384 e. The van der Waals surface area contributed by atoms with E-state index in [1.165, 1.54) is 16.7 Å². The third kappa shape index (κ3) is 8.18. The van der Waals surface area contributed by atoms with Crippen LogP contribution in [-0.2, 0) is 0 Å². The van der Waals surface area contributed by atoms with Crippen molar-refractivity contribution >= 4 is 28.9 Å². The molecule has 2 rings (SSSR count). The number of aliphatic hydroxyl groups excluding tert-OH is 1. The first-order valence-corrected chi connectivity index (χ1v) is 12.2. The molecule has 2 aromatic rings. The number of nitrogens with one attached hydrogen (secondary N) is 1. The number of hydrogen-bond donors (Lipinski definition) is 4. The Labute approximate surface area is 211 Å². The van der Waals surface area contributed by atoms with Crippen LogP contribution in [0.3, 0.4) is 0 Å². The lowest BCUT2D eigenvalue weighted by molar-refractivity contribution is -0.0709. The van der Waals surface area contributed by atoms with E-state index in [-0.39, 0.29) is 28.8 Å². The van der Waals surface area contributed by atoms with E-state index in [1.807, 2.05) is 26.8 Å². The lowest BCUT2D eigenvalue weighted by Gasteiger charge is -2.22. The molecule has 7 nitrogen and oxygen atoms in total. The summed E-state index contributed by atoms with van der Waals surface area (Å²) >= 11 is 5.91. The molecule has 0 spiro atoms. The maximum Gasteiger partial charge on any atom is 0.256 e. The van der Waals surface area contributed by atoms with Gasteiger partial charge in [-0.15, -0.1) is 0 Å². The van der Waals surface area contributed by atoms with Gasteiger partial charge in [0.1, 0.15) is 5.82 Å². The highest BCUT2D eigenvalue weighted by Gasteiger charge is 2.19. The number of anilines is 1. The molecule has 0 unspecified atom stereocenters. The first kappa shape index (κ1) is 28.5. The highest BCUT2D eigenvalue weighted by molar-refractivity contribution is 6.30. The summed E-state index contributed by atoms with van der Waals surface area (Å²) in [5.74, 6) is 0.0903. The number of nitrogens with two attached hydrogens (primary N) is 1. The van der Waals surface area contributed by atoms with E-state index in [0.29, 0.717) is 54.4 Å². The van der Waals surface area contributed by atoms with Crippen LogP contribution in [0, 0.1) is 5.92 Å². The quantitative estimate of drug-likeness (QED) is 0.185. The van der Waals surface area contributed by atoms with Gasteiger partial charge < -0.3 is 21.3 Å². The number of halogens is 1. The number of ketones is 1. The molecule has 190 valence electrons. The second kappa shape index (κ2) is 13.4. The van der Waals surface area contributed by atoms with Crippen molar-refractivity contribution in [3.05, 3.63) is 81.1 Å². The monoisotopic (exact) mass is 501 g/mol. The topological polar surface area (TPSA) is 118 Å². The number of carbonyl (C=O) groups is 1. The van der Waals surface area contributed by atoms with E-state index in [0.717, 1.165) is 5.57 Å². The molecule has 0 aliphatic heterocycles. The van der Waals surface area contributed by atoms with E-state index in [4.69, 9.17) is 17.3 Å². The number of aromatic nitrogens is 1. The Hall–Kier alpha value is -2.71. The van der Waals surface area contributed by atoms with Crippen molar-refractivity contribution in [1.82, 2.24) is 9.88 Å². The maximum absolute atomic E-state index is 12.9. The van der Waals surface area contributed by atoms with Gasteiger partial charge in [0.2, 0.25) is 0 Å². The molecule has 1 aromatic carbocycles. The highest BCUT2D eigenvalue weighted by atomic mass is 35.5. The number of nitrogens with zero attached hydrogens (tertiary/aromatic N) is 1. The predicted octanol–water partition coefficient (Wildman–Crippen LogP) is 4.22. The van der Waals surface area contributed by atoms with Gasteiger partial charge in [0.25, 0.3) is 5.56 Å². The van der Waals surface area contributed by atoms with Gasteiger partial charge in [-0.05, 0) is 75.4 Å². The average Bonchev–Trinajstić information content (AvgIpc) is 2.80. The van der Waals surface area contributed by atoms with Crippen molar-refractivity contribution in [3.8, 4) is 0 Å². The van der Waals surface area contributed by atoms with Gasteiger partial charge in [-0.3, -0.25) is 14.2 Å². The van der Waals surface area contributed by atoms with Crippen LogP contribution in [0.15, 0.2) is 59.4 Å². The van der Waals surface area contributed by atoms with Crippen molar-refractivity contribution in [1.29, 1.82) is 0 Å². The first-order valence-electron chi connectivity index (χ1n) is 11.8. The number of pyridine rings is 1. The number of benzene rings is 1. The fourth-order valence-electron chi connectivity index (χ4n) is 3.90. The van der Waals surface area contributed by atoms with Crippen LogP contribution in [-0.4, -0.2) is 39.4 Å². The third-order valence-corrected chi connectivity index (χ3v) is 6.13. The van der Waals surface area contributed by atoms with Gasteiger partial charge in [-0.2, -0.15) is 0 Å². The van der Waals surface area contributed by atoms with Crippen molar-refractivity contribution in [2.24, 2.45) is 5.92 Å². The molecule has 0 saturated heterocycles. The van der Waals surface area contributed by atoms with E-state index in [2.05, 4.69) is 11.9 Å². The summed E-state index contributed by atoms with van der Waals surface area (Å²) in [4.78, 5) is 25.5. The minimum absolute atomic E-state index is 0.0552. The lowest BCUT2D eigenvalue weighted by Crippen LogP contribution is -2.41. The first-order chi connectivity index (χ1) is 16.5. The van der Waals surface area contributed by atoms with Crippen molar-refractivity contribution in [3.63, 3.8) is 0 Å². The van der Waals surface area contributed by atoms with Crippen LogP contribution >= 0.6 is 11.6 Å². The van der Waals surface area contributed by atoms with Crippen molar-refractivity contribution < 1.29 is 15.0 Å². The summed E-state index contributed by atoms with van der Waals surface area (Å²) in [5.41, 5.74) is 8.18. The van der Waals surface area contributed by atoms with E-state index in [9.17, 15) is 19.8 Å². The number of allylic oxidation sites excluding steroid dienone is 2. The lowest BCUT2D eigenvalue weighted by atomic mass is 10.0. The van der Waals surface area contributed by atoms with Gasteiger partial charge in [-0.25, -0.2) is 0 Å². The van der Waals surface area contributed by atoms with E-state index < -0.39 is 6.29 Å². The highest BCUT2D eigenvalue weighted by Crippen LogP contribution is 2.22. The molecule has 8 heteroatoms.